The molecule has 2 rings (SSSR count). The van der Waals surface area contributed by atoms with Crippen LogP contribution in [0.25, 0.3) is 0 Å². The lowest BCUT2D eigenvalue weighted by Crippen LogP contribution is -2.14. The zero-order valence-corrected chi connectivity index (χ0v) is 9.68. The van der Waals surface area contributed by atoms with Crippen LogP contribution in [0.1, 0.15) is 11.6 Å². The number of hydrogen-bond donors (Lipinski definition) is 2. The SMILES string of the molecule is Cc1nnc(Sc2ccnc(C(N)=NO)c2)o1. The molecule has 0 fully saturated rings. The molecular weight excluding hydrogens is 242 g/mol. The summed E-state index contributed by atoms with van der Waals surface area (Å²) in [7, 11) is 0. The number of aromatic nitrogens is 3. The van der Waals surface area contributed by atoms with Crippen LogP contribution in [-0.4, -0.2) is 26.2 Å². The summed E-state index contributed by atoms with van der Waals surface area (Å²) >= 11 is 1.28. The van der Waals surface area contributed by atoms with Crippen molar-refractivity contribution in [2.24, 2.45) is 10.9 Å². The second-order valence-electron chi connectivity index (χ2n) is 3.05. The standard InChI is InChI=1S/C9H9N5O2S/c1-5-12-13-9(16-5)17-6-2-3-11-7(4-6)8(10)14-15/h2-4,15H,1H3,(H2,10,14). The summed E-state index contributed by atoms with van der Waals surface area (Å²) in [6.45, 7) is 1.71. The summed E-state index contributed by atoms with van der Waals surface area (Å²) in [5.74, 6) is 0.451. The van der Waals surface area contributed by atoms with E-state index in [0.717, 1.165) is 4.90 Å². The van der Waals surface area contributed by atoms with Gasteiger partial charge in [-0.3, -0.25) is 4.98 Å². The molecule has 0 saturated heterocycles. The van der Waals surface area contributed by atoms with Crippen LogP contribution in [0, 0.1) is 6.92 Å². The van der Waals surface area contributed by atoms with Gasteiger partial charge in [-0.05, 0) is 23.9 Å². The maximum Gasteiger partial charge on any atom is 0.281 e. The van der Waals surface area contributed by atoms with E-state index in [1.165, 1.54) is 11.8 Å². The van der Waals surface area contributed by atoms with Crippen molar-refractivity contribution in [2.75, 3.05) is 0 Å². The number of nitrogens with zero attached hydrogens (tertiary/aromatic N) is 4. The second kappa shape index (κ2) is 4.83. The van der Waals surface area contributed by atoms with Gasteiger partial charge < -0.3 is 15.4 Å². The zero-order chi connectivity index (χ0) is 12.3. The molecule has 0 aliphatic heterocycles. The van der Waals surface area contributed by atoms with Crippen molar-refractivity contribution in [1.29, 1.82) is 0 Å². The summed E-state index contributed by atoms with van der Waals surface area (Å²) in [6.07, 6.45) is 1.55. The topological polar surface area (TPSA) is 110 Å². The molecule has 0 aromatic carbocycles. The lowest BCUT2D eigenvalue weighted by atomic mass is 10.3. The van der Waals surface area contributed by atoms with Gasteiger partial charge in [0.1, 0.15) is 5.69 Å². The average Bonchev–Trinajstić information content (AvgIpc) is 2.74. The predicted molar refractivity (Wildman–Crippen MR) is 59.9 cm³/mol. The fraction of sp³-hybridized carbons (Fsp3) is 0.111. The van der Waals surface area contributed by atoms with Crippen molar-refractivity contribution >= 4 is 17.6 Å². The third kappa shape index (κ3) is 2.72. The first-order valence-corrected chi connectivity index (χ1v) is 5.42. The summed E-state index contributed by atoms with van der Waals surface area (Å²) in [4.78, 5) is 4.77. The molecule has 8 heteroatoms. The van der Waals surface area contributed by atoms with Gasteiger partial charge in [-0.15, -0.1) is 10.2 Å². The Morgan fingerprint density at radius 1 is 1.53 bits per heavy atom. The van der Waals surface area contributed by atoms with Gasteiger partial charge in [0.05, 0.1) is 0 Å². The lowest BCUT2D eigenvalue weighted by Gasteiger charge is -2.00. The van der Waals surface area contributed by atoms with E-state index in [1.807, 2.05) is 0 Å². The number of nitrogens with two attached hydrogens (primary N) is 1. The van der Waals surface area contributed by atoms with Gasteiger partial charge in [-0.2, -0.15) is 0 Å². The van der Waals surface area contributed by atoms with E-state index in [-0.39, 0.29) is 5.84 Å². The molecular formula is C9H9N5O2S. The highest BCUT2D eigenvalue weighted by atomic mass is 32.2. The summed E-state index contributed by atoms with van der Waals surface area (Å²) in [6, 6.07) is 3.43. The van der Waals surface area contributed by atoms with Gasteiger partial charge in [0.25, 0.3) is 5.22 Å². The maximum atomic E-state index is 8.55. The predicted octanol–water partition coefficient (Wildman–Crippen LogP) is 1.02. The minimum absolute atomic E-state index is 0.0471. The highest BCUT2D eigenvalue weighted by Crippen LogP contribution is 2.26. The Labute approximate surface area is 101 Å². The van der Waals surface area contributed by atoms with E-state index in [9.17, 15) is 0 Å². The molecule has 2 aromatic rings. The van der Waals surface area contributed by atoms with E-state index >= 15 is 0 Å². The Kier molecular flexibility index (Phi) is 3.24. The van der Waals surface area contributed by atoms with Crippen molar-refractivity contribution in [1.82, 2.24) is 15.2 Å². The molecule has 3 N–H and O–H groups in total. The quantitative estimate of drug-likeness (QED) is 0.362. The minimum Gasteiger partial charge on any atom is -0.416 e. The van der Waals surface area contributed by atoms with Gasteiger partial charge in [0.2, 0.25) is 5.89 Å². The fourth-order valence-electron chi connectivity index (χ4n) is 1.09. The van der Waals surface area contributed by atoms with Crippen molar-refractivity contribution in [2.45, 2.75) is 17.0 Å². The Morgan fingerprint density at radius 3 is 3.00 bits per heavy atom. The monoisotopic (exact) mass is 251 g/mol. The first kappa shape index (κ1) is 11.4. The molecule has 0 aliphatic rings. The van der Waals surface area contributed by atoms with E-state index < -0.39 is 0 Å². The number of rotatable bonds is 3. The lowest BCUT2D eigenvalue weighted by molar-refractivity contribution is 0.318. The average molecular weight is 251 g/mol. The van der Waals surface area contributed by atoms with Crippen LogP contribution in [-0.2, 0) is 0 Å². The van der Waals surface area contributed by atoms with Crippen LogP contribution in [0.4, 0.5) is 0 Å². The maximum absolute atomic E-state index is 8.55. The third-order valence-corrected chi connectivity index (χ3v) is 2.64. The van der Waals surface area contributed by atoms with Crippen molar-refractivity contribution in [3.63, 3.8) is 0 Å². The summed E-state index contributed by atoms with van der Waals surface area (Å²) in [5.41, 5.74) is 5.82. The molecule has 7 nitrogen and oxygen atoms in total. The van der Waals surface area contributed by atoms with E-state index in [0.29, 0.717) is 16.8 Å². The summed E-state index contributed by atoms with van der Waals surface area (Å²) < 4.78 is 5.22. The minimum atomic E-state index is -0.0471. The fourth-order valence-corrected chi connectivity index (χ4v) is 1.83. The molecule has 0 unspecified atom stereocenters. The molecule has 0 atom stereocenters. The third-order valence-electron chi connectivity index (χ3n) is 1.81. The Morgan fingerprint density at radius 2 is 2.35 bits per heavy atom. The highest BCUT2D eigenvalue weighted by Gasteiger charge is 2.07. The van der Waals surface area contributed by atoms with Gasteiger partial charge >= 0.3 is 0 Å². The van der Waals surface area contributed by atoms with Crippen LogP contribution >= 0.6 is 11.8 Å². The smallest absolute Gasteiger partial charge is 0.281 e. The van der Waals surface area contributed by atoms with Crippen LogP contribution in [0.15, 0.2) is 38.0 Å². The molecule has 0 radical (unpaired) electrons. The van der Waals surface area contributed by atoms with Gasteiger partial charge in [-0.25, -0.2) is 0 Å². The van der Waals surface area contributed by atoms with Gasteiger partial charge in [0.15, 0.2) is 5.84 Å². The molecule has 0 bridgehead atoms. The van der Waals surface area contributed by atoms with Crippen molar-refractivity contribution in [3.8, 4) is 0 Å². The molecule has 0 saturated carbocycles. The molecule has 88 valence electrons. The first-order valence-electron chi connectivity index (χ1n) is 4.61. The zero-order valence-electron chi connectivity index (χ0n) is 8.86. The van der Waals surface area contributed by atoms with Crippen LogP contribution in [0.2, 0.25) is 0 Å². The molecule has 0 amide bonds. The number of pyridine rings is 1. The Hall–Kier alpha value is -2.09. The van der Waals surface area contributed by atoms with Crippen LogP contribution < -0.4 is 5.73 Å². The number of aryl methyl sites for hydroxylation is 1. The number of hydrogen-bond acceptors (Lipinski definition) is 7. The van der Waals surface area contributed by atoms with Crippen LogP contribution in [0.3, 0.4) is 0 Å². The molecule has 17 heavy (non-hydrogen) atoms. The van der Waals surface area contributed by atoms with Gasteiger partial charge in [-0.1, -0.05) is 5.16 Å². The molecule has 2 heterocycles. The van der Waals surface area contributed by atoms with Crippen molar-refractivity contribution in [3.05, 3.63) is 29.9 Å². The first-order chi connectivity index (χ1) is 8.19. The molecule has 0 aliphatic carbocycles. The van der Waals surface area contributed by atoms with Crippen molar-refractivity contribution < 1.29 is 9.62 Å². The Bertz CT molecular complexity index is 554. The Balaban J connectivity index is 2.22. The second-order valence-corrected chi connectivity index (χ2v) is 4.08. The van der Waals surface area contributed by atoms with E-state index in [2.05, 4.69) is 20.3 Å². The molecule has 0 spiro atoms. The van der Waals surface area contributed by atoms with Gasteiger partial charge in [0, 0.05) is 18.0 Å². The number of amidine groups is 1. The highest BCUT2D eigenvalue weighted by molar-refractivity contribution is 7.99. The number of oxime groups is 1. The largest absolute Gasteiger partial charge is 0.416 e. The summed E-state index contributed by atoms with van der Waals surface area (Å²) in [5, 5.41) is 19.4. The molecule has 2 aromatic heterocycles. The normalized spacial score (nSPS) is 11.7. The van der Waals surface area contributed by atoms with E-state index in [4.69, 9.17) is 15.4 Å². The van der Waals surface area contributed by atoms with Crippen LogP contribution in [0.5, 0.6) is 0 Å². The van der Waals surface area contributed by atoms with E-state index in [1.54, 1.807) is 25.3 Å².